The third-order valence-electron chi connectivity index (χ3n) is 6.07. The Labute approximate surface area is 177 Å². The molecule has 1 saturated carbocycles. The van der Waals surface area contributed by atoms with Crippen LogP contribution in [0.1, 0.15) is 57.2 Å². The number of aliphatic hydroxyl groups excluding tert-OH is 1. The molecule has 2 heterocycles. The van der Waals surface area contributed by atoms with E-state index in [9.17, 15) is 9.50 Å². The number of rotatable bonds is 5. The minimum absolute atomic E-state index is 0.00194. The maximum Gasteiger partial charge on any atom is 0.180 e. The summed E-state index contributed by atoms with van der Waals surface area (Å²) in [6.45, 7) is 7.52. The van der Waals surface area contributed by atoms with Crippen molar-refractivity contribution in [2.24, 2.45) is 0 Å². The second-order valence-corrected chi connectivity index (χ2v) is 9.94. The van der Waals surface area contributed by atoms with Gasteiger partial charge in [-0.1, -0.05) is 11.6 Å². The molecule has 29 heavy (non-hydrogen) atoms. The monoisotopic (exact) mass is 427 g/mol. The van der Waals surface area contributed by atoms with E-state index in [0.29, 0.717) is 42.3 Å². The molecule has 1 aromatic rings. The number of aliphatic hydroxyl groups is 1. The Morgan fingerprint density at radius 1 is 1.34 bits per heavy atom. The lowest BCUT2D eigenvalue weighted by molar-refractivity contribution is -0.149. The maximum atomic E-state index is 14.1. The molecule has 1 aliphatic carbocycles. The van der Waals surface area contributed by atoms with Crippen molar-refractivity contribution >= 4 is 11.6 Å². The second kappa shape index (κ2) is 7.56. The van der Waals surface area contributed by atoms with E-state index in [-0.39, 0.29) is 24.4 Å². The normalized spacial score (nSPS) is 28.4. The summed E-state index contributed by atoms with van der Waals surface area (Å²) >= 11 is 6.71. The molecule has 0 radical (unpaired) electrons. The van der Waals surface area contributed by atoms with Crippen LogP contribution in [0.2, 0.25) is 5.02 Å². The molecule has 7 heteroatoms. The van der Waals surface area contributed by atoms with Crippen molar-refractivity contribution in [1.82, 2.24) is 4.90 Å². The van der Waals surface area contributed by atoms with Crippen molar-refractivity contribution in [3.63, 3.8) is 0 Å². The largest absolute Gasteiger partial charge is 0.493 e. The molecule has 0 bridgehead atoms. The summed E-state index contributed by atoms with van der Waals surface area (Å²) in [5, 5.41) is 11.3. The van der Waals surface area contributed by atoms with E-state index in [1.54, 1.807) is 7.11 Å². The number of fused-ring (bicyclic) bond motifs is 3. The van der Waals surface area contributed by atoms with Crippen molar-refractivity contribution in [1.29, 1.82) is 0 Å². The molecule has 2 fully saturated rings. The molecular formula is C22H31ClFNO4. The molecule has 5 nitrogen and oxygen atoms in total. The van der Waals surface area contributed by atoms with Crippen molar-refractivity contribution < 1.29 is 23.7 Å². The van der Waals surface area contributed by atoms with Crippen LogP contribution in [0.5, 0.6) is 11.5 Å². The predicted octanol–water partition coefficient (Wildman–Crippen LogP) is 4.08. The minimum atomic E-state index is -1.23. The van der Waals surface area contributed by atoms with Crippen molar-refractivity contribution in [2.75, 3.05) is 26.8 Å². The summed E-state index contributed by atoms with van der Waals surface area (Å²) in [6, 6.07) is 1.99. The van der Waals surface area contributed by atoms with Crippen LogP contribution in [0.4, 0.5) is 4.39 Å². The summed E-state index contributed by atoms with van der Waals surface area (Å²) < 4.78 is 31.4. The molecule has 0 aromatic heterocycles. The highest BCUT2D eigenvalue weighted by molar-refractivity contribution is 6.33. The fourth-order valence-corrected chi connectivity index (χ4v) is 4.74. The molecule has 4 rings (SSSR count). The Hall–Kier alpha value is -1.08. The quantitative estimate of drug-likeness (QED) is 0.767. The van der Waals surface area contributed by atoms with Crippen LogP contribution in [0, 0.1) is 0 Å². The number of hydrogen-bond donors (Lipinski definition) is 1. The van der Waals surface area contributed by atoms with Gasteiger partial charge in [0.05, 0.1) is 29.9 Å². The van der Waals surface area contributed by atoms with E-state index in [0.717, 1.165) is 24.1 Å². The van der Waals surface area contributed by atoms with E-state index in [2.05, 4.69) is 4.90 Å². The van der Waals surface area contributed by atoms with E-state index >= 15 is 0 Å². The van der Waals surface area contributed by atoms with E-state index < -0.39 is 11.8 Å². The van der Waals surface area contributed by atoms with Crippen LogP contribution < -0.4 is 9.47 Å². The number of piperidine rings is 1. The summed E-state index contributed by atoms with van der Waals surface area (Å²) in [5.74, 6) is 0.943. The molecule has 3 aliphatic rings. The zero-order valence-corrected chi connectivity index (χ0v) is 18.4. The average molecular weight is 428 g/mol. The molecule has 2 aliphatic heterocycles. The molecule has 0 amide bonds. The molecular weight excluding hydrogens is 397 g/mol. The number of benzene rings is 1. The van der Waals surface area contributed by atoms with Gasteiger partial charge in [0.2, 0.25) is 0 Å². The summed E-state index contributed by atoms with van der Waals surface area (Å²) in [5.41, 5.74) is 0.534. The summed E-state index contributed by atoms with van der Waals surface area (Å²) in [7, 11) is 1.57. The number of nitrogens with zero attached hydrogens (tertiary/aromatic N) is 1. The first-order chi connectivity index (χ1) is 13.6. The standard InChI is InChI=1S/C22H31ClFNO4/c1-21(2,3)29-18-11-25-8-5-13-14(15(25)10-16(18)26)9-17(27-4)20(19(13)23)28-12-22(24)6-7-22/h9,15-16,18,26H,5-8,10-12H2,1-4H3/t15-,16-,18-/m1/s1. The third-order valence-corrected chi connectivity index (χ3v) is 6.47. The van der Waals surface area contributed by atoms with Crippen molar-refractivity contribution in [2.45, 2.75) is 76.0 Å². The topological polar surface area (TPSA) is 51.2 Å². The van der Waals surface area contributed by atoms with E-state index in [1.807, 2.05) is 26.8 Å². The van der Waals surface area contributed by atoms with Gasteiger partial charge in [-0.15, -0.1) is 0 Å². The average Bonchev–Trinajstić information content (AvgIpc) is 3.37. The number of alkyl halides is 1. The van der Waals surface area contributed by atoms with Crippen LogP contribution in [0.15, 0.2) is 6.07 Å². The van der Waals surface area contributed by atoms with Gasteiger partial charge in [-0.2, -0.15) is 0 Å². The number of hydrogen-bond acceptors (Lipinski definition) is 5. The molecule has 3 atom stereocenters. The van der Waals surface area contributed by atoms with Gasteiger partial charge < -0.3 is 19.3 Å². The smallest absolute Gasteiger partial charge is 0.180 e. The molecule has 1 N–H and O–H groups in total. The Morgan fingerprint density at radius 3 is 2.69 bits per heavy atom. The molecule has 1 aromatic carbocycles. The van der Waals surface area contributed by atoms with Crippen LogP contribution in [0.3, 0.4) is 0 Å². The van der Waals surface area contributed by atoms with Crippen molar-refractivity contribution in [3.05, 3.63) is 22.2 Å². The molecule has 0 unspecified atom stereocenters. The van der Waals surface area contributed by atoms with E-state index in [4.69, 9.17) is 25.8 Å². The highest BCUT2D eigenvalue weighted by atomic mass is 35.5. The van der Waals surface area contributed by atoms with E-state index in [1.165, 1.54) is 0 Å². The van der Waals surface area contributed by atoms with Crippen LogP contribution in [-0.2, 0) is 11.2 Å². The lowest BCUT2D eigenvalue weighted by atomic mass is 9.84. The van der Waals surface area contributed by atoms with Crippen molar-refractivity contribution in [3.8, 4) is 11.5 Å². The van der Waals surface area contributed by atoms with Gasteiger partial charge in [0.25, 0.3) is 0 Å². The lowest BCUT2D eigenvalue weighted by Crippen LogP contribution is -2.53. The predicted molar refractivity (Wildman–Crippen MR) is 110 cm³/mol. The van der Waals surface area contributed by atoms with Gasteiger partial charge in [0.15, 0.2) is 11.5 Å². The van der Waals surface area contributed by atoms with Gasteiger partial charge in [0.1, 0.15) is 12.3 Å². The Balaban J connectivity index is 1.59. The fraction of sp³-hybridized carbons (Fsp3) is 0.727. The van der Waals surface area contributed by atoms with Gasteiger partial charge in [-0.3, -0.25) is 4.90 Å². The number of ether oxygens (including phenoxy) is 3. The third kappa shape index (κ3) is 4.36. The summed E-state index contributed by atoms with van der Waals surface area (Å²) in [6.07, 6.45) is 1.64. The van der Waals surface area contributed by atoms with Gasteiger partial charge in [0, 0.05) is 19.1 Å². The zero-order valence-electron chi connectivity index (χ0n) is 17.6. The Morgan fingerprint density at radius 2 is 2.07 bits per heavy atom. The first-order valence-electron chi connectivity index (χ1n) is 10.4. The van der Waals surface area contributed by atoms with Gasteiger partial charge in [-0.05, 0) is 63.6 Å². The second-order valence-electron chi connectivity index (χ2n) is 9.56. The minimum Gasteiger partial charge on any atom is -0.493 e. The Bertz CT molecular complexity index is 777. The lowest BCUT2D eigenvalue weighted by Gasteiger charge is -2.47. The summed E-state index contributed by atoms with van der Waals surface area (Å²) in [4.78, 5) is 2.35. The van der Waals surface area contributed by atoms with Gasteiger partial charge in [-0.25, -0.2) is 4.39 Å². The zero-order chi connectivity index (χ0) is 21.0. The van der Waals surface area contributed by atoms with Gasteiger partial charge >= 0.3 is 0 Å². The highest BCUT2D eigenvalue weighted by Crippen LogP contribution is 2.48. The highest BCUT2D eigenvalue weighted by Gasteiger charge is 2.45. The molecule has 162 valence electrons. The van der Waals surface area contributed by atoms with Crippen LogP contribution >= 0.6 is 11.6 Å². The van der Waals surface area contributed by atoms with Crippen LogP contribution in [-0.4, -0.2) is 60.3 Å². The fourth-order valence-electron chi connectivity index (χ4n) is 4.39. The molecule has 0 spiro atoms. The Kier molecular flexibility index (Phi) is 5.52. The molecule has 1 saturated heterocycles. The number of halogens is 2. The first-order valence-corrected chi connectivity index (χ1v) is 10.8. The first kappa shape index (κ1) is 21.2. The SMILES string of the molecule is COc1cc2c(c(Cl)c1OCC1(F)CC1)CCN1C[C@@H](OC(C)(C)C)[C@H](O)C[C@H]21. The van der Waals surface area contributed by atoms with Crippen LogP contribution in [0.25, 0.3) is 0 Å². The number of methoxy groups -OCH3 is 1. The maximum absolute atomic E-state index is 14.1.